The number of benzene rings is 4. The molecule has 0 bridgehead atoms. The van der Waals surface area contributed by atoms with Crippen molar-refractivity contribution in [2.24, 2.45) is 28.1 Å². The highest BCUT2D eigenvalue weighted by atomic mass is 16.6. The molecule has 0 radical (unpaired) electrons. The molecule has 7 nitrogen and oxygen atoms in total. The van der Waals surface area contributed by atoms with Crippen molar-refractivity contribution in [3.8, 4) is 0 Å². The maximum Gasteiger partial charge on any atom is 0.233 e. The zero-order valence-corrected chi connectivity index (χ0v) is 21.6. The van der Waals surface area contributed by atoms with Crippen LogP contribution in [-0.2, 0) is 4.84 Å². The maximum atomic E-state index is 14.6. The van der Waals surface area contributed by atoms with Crippen molar-refractivity contribution >= 4 is 23.3 Å². The van der Waals surface area contributed by atoms with Crippen molar-refractivity contribution in [3.63, 3.8) is 0 Å². The minimum atomic E-state index is -1.65. The summed E-state index contributed by atoms with van der Waals surface area (Å²) >= 11 is 0. The van der Waals surface area contributed by atoms with Crippen LogP contribution in [0.25, 0.3) is 0 Å². The number of nitrogens with one attached hydrogen (secondary N) is 2. The number of carbonyl (C=O) groups is 2. The lowest BCUT2D eigenvalue weighted by atomic mass is 9.53. The summed E-state index contributed by atoms with van der Waals surface area (Å²) in [5, 5.41) is 16.9. The molecule has 0 aliphatic carbocycles. The highest BCUT2D eigenvalue weighted by Gasteiger charge is 2.68. The second-order valence-corrected chi connectivity index (χ2v) is 10.1. The van der Waals surface area contributed by atoms with E-state index < -0.39 is 29.3 Å². The van der Waals surface area contributed by atoms with Crippen molar-refractivity contribution in [2.45, 2.75) is 12.1 Å². The lowest BCUT2D eigenvalue weighted by molar-refractivity contribution is 0.0441. The molecule has 40 heavy (non-hydrogen) atoms. The molecule has 0 saturated carbocycles. The van der Waals surface area contributed by atoms with Crippen LogP contribution in [0, 0.1) is 22.7 Å². The smallest absolute Gasteiger partial charge is 0.233 e. The SMILES string of the molecule is N=C1ON=C(N)C12C(C(=O)c1ccccc1)C(c1ccccc1)NC(c1ccccc1)C2C(=O)c1ccccc1. The molecule has 6 rings (SSSR count). The van der Waals surface area contributed by atoms with Crippen LogP contribution in [0.5, 0.6) is 0 Å². The van der Waals surface area contributed by atoms with Gasteiger partial charge in [-0.1, -0.05) is 126 Å². The van der Waals surface area contributed by atoms with Crippen LogP contribution >= 0.6 is 0 Å². The zero-order valence-electron chi connectivity index (χ0n) is 21.6. The molecule has 4 N–H and O–H groups in total. The van der Waals surface area contributed by atoms with Crippen LogP contribution in [0.15, 0.2) is 126 Å². The van der Waals surface area contributed by atoms with Gasteiger partial charge in [0.25, 0.3) is 0 Å². The van der Waals surface area contributed by atoms with Crippen molar-refractivity contribution < 1.29 is 14.4 Å². The van der Waals surface area contributed by atoms with Crippen LogP contribution in [0.3, 0.4) is 0 Å². The summed E-state index contributed by atoms with van der Waals surface area (Å²) in [4.78, 5) is 34.6. The van der Waals surface area contributed by atoms with E-state index in [1.807, 2.05) is 72.8 Å². The number of nitrogens with zero attached hydrogens (tertiary/aromatic N) is 1. The molecule has 2 aliphatic heterocycles. The number of rotatable bonds is 6. The third-order valence-electron chi connectivity index (χ3n) is 8.04. The molecule has 1 fully saturated rings. The van der Waals surface area contributed by atoms with Crippen LogP contribution < -0.4 is 11.1 Å². The Morgan fingerprint density at radius 1 is 0.675 bits per heavy atom. The van der Waals surface area contributed by atoms with Gasteiger partial charge >= 0.3 is 0 Å². The molecule has 198 valence electrons. The Morgan fingerprint density at radius 3 is 1.40 bits per heavy atom. The van der Waals surface area contributed by atoms with Gasteiger partial charge in [0.2, 0.25) is 5.90 Å². The second-order valence-electron chi connectivity index (χ2n) is 10.1. The van der Waals surface area contributed by atoms with Gasteiger partial charge < -0.3 is 15.9 Å². The lowest BCUT2D eigenvalue weighted by Gasteiger charge is -2.52. The number of amidine groups is 1. The predicted molar refractivity (Wildman–Crippen MR) is 153 cm³/mol. The minimum Gasteiger partial charge on any atom is -0.383 e. The van der Waals surface area contributed by atoms with Gasteiger partial charge in [-0.15, -0.1) is 0 Å². The average molecular weight is 529 g/mol. The normalized spacial score (nSPS) is 25.7. The molecule has 0 aromatic heterocycles. The lowest BCUT2D eigenvalue weighted by Crippen LogP contribution is -2.65. The molecular formula is C33H28N4O3. The average Bonchev–Trinajstić information content (AvgIpc) is 3.30. The summed E-state index contributed by atoms with van der Waals surface area (Å²) in [6, 6.07) is 35.7. The molecule has 1 saturated heterocycles. The number of ketones is 2. The van der Waals surface area contributed by atoms with Crippen LogP contribution in [-0.4, -0.2) is 23.3 Å². The van der Waals surface area contributed by atoms with Gasteiger partial charge in [-0.3, -0.25) is 15.0 Å². The number of hydrogen-bond donors (Lipinski definition) is 3. The Morgan fingerprint density at radius 2 is 1.05 bits per heavy atom. The first-order valence-corrected chi connectivity index (χ1v) is 13.2. The van der Waals surface area contributed by atoms with E-state index in [2.05, 4.69) is 10.5 Å². The number of piperidine rings is 1. The molecule has 0 amide bonds. The molecule has 4 aromatic rings. The van der Waals surface area contributed by atoms with Gasteiger partial charge in [0.15, 0.2) is 17.4 Å². The third kappa shape index (κ3) is 4.03. The topological polar surface area (TPSA) is 118 Å². The molecule has 1 spiro atoms. The molecule has 4 atom stereocenters. The highest BCUT2D eigenvalue weighted by molar-refractivity contribution is 6.19. The molecule has 2 heterocycles. The van der Waals surface area contributed by atoms with Gasteiger partial charge in [-0.25, -0.2) is 0 Å². The number of hydrogen-bond acceptors (Lipinski definition) is 7. The fourth-order valence-corrected chi connectivity index (χ4v) is 6.25. The van der Waals surface area contributed by atoms with E-state index in [-0.39, 0.29) is 23.3 Å². The van der Waals surface area contributed by atoms with E-state index in [4.69, 9.17) is 16.0 Å². The van der Waals surface area contributed by atoms with Crippen LogP contribution in [0.1, 0.15) is 43.9 Å². The fourth-order valence-electron chi connectivity index (χ4n) is 6.25. The largest absolute Gasteiger partial charge is 0.383 e. The maximum absolute atomic E-state index is 14.6. The molecule has 4 aromatic carbocycles. The van der Waals surface area contributed by atoms with E-state index in [9.17, 15) is 9.59 Å². The van der Waals surface area contributed by atoms with E-state index in [1.165, 1.54) is 0 Å². The standard InChI is InChI=1S/C33H28N4O3/c34-31-33(32(35)40-37-31)25(29(38)23-17-9-3-10-18-23)27(21-13-5-1-6-14-21)36-28(22-15-7-2-8-16-22)26(33)30(39)24-19-11-4-12-20-24/h1-20,25-28,35-36H,(H2,34,37). The quantitative estimate of drug-likeness (QED) is 0.292. The van der Waals surface area contributed by atoms with Crippen molar-refractivity contribution in [1.29, 1.82) is 5.41 Å². The summed E-state index contributed by atoms with van der Waals surface area (Å²) in [6.07, 6.45) is 0. The van der Waals surface area contributed by atoms with E-state index in [0.29, 0.717) is 11.1 Å². The molecule has 4 unspecified atom stereocenters. The van der Waals surface area contributed by atoms with Crippen LogP contribution in [0.2, 0.25) is 0 Å². The summed E-state index contributed by atoms with van der Waals surface area (Å²) in [5.74, 6) is -2.89. The Kier molecular flexibility index (Phi) is 6.58. The van der Waals surface area contributed by atoms with Gasteiger partial charge in [0, 0.05) is 23.2 Å². The Bertz CT molecular complexity index is 1470. The van der Waals surface area contributed by atoms with Gasteiger partial charge in [-0.2, -0.15) is 0 Å². The molecular weight excluding hydrogens is 500 g/mol. The van der Waals surface area contributed by atoms with Crippen LogP contribution in [0.4, 0.5) is 0 Å². The number of oxime groups is 1. The van der Waals surface area contributed by atoms with E-state index >= 15 is 0 Å². The van der Waals surface area contributed by atoms with Gasteiger partial charge in [0.1, 0.15) is 5.41 Å². The Hall–Kier alpha value is -4.88. The van der Waals surface area contributed by atoms with Gasteiger partial charge in [0.05, 0.1) is 11.8 Å². The number of Topliss-reactive ketones (excluding diaryl/α,β-unsaturated/α-hetero) is 2. The predicted octanol–water partition coefficient (Wildman–Crippen LogP) is 5.34. The summed E-state index contributed by atoms with van der Waals surface area (Å²) in [7, 11) is 0. The third-order valence-corrected chi connectivity index (χ3v) is 8.04. The Balaban J connectivity index is 1.65. The summed E-state index contributed by atoms with van der Waals surface area (Å²) in [6.45, 7) is 0. The minimum absolute atomic E-state index is 0.0515. The van der Waals surface area contributed by atoms with Crippen molar-refractivity contribution in [3.05, 3.63) is 144 Å². The summed E-state index contributed by atoms with van der Waals surface area (Å²) in [5.41, 5.74) is 7.59. The van der Waals surface area contributed by atoms with Crippen molar-refractivity contribution in [2.75, 3.05) is 0 Å². The Labute approximate surface area is 232 Å². The number of carbonyl (C=O) groups excluding carboxylic acids is 2. The molecule has 7 heteroatoms. The first kappa shape index (κ1) is 25.4. The highest BCUT2D eigenvalue weighted by Crippen LogP contribution is 2.56. The summed E-state index contributed by atoms with van der Waals surface area (Å²) < 4.78 is 0. The number of nitrogens with two attached hydrogens (primary N) is 1. The monoisotopic (exact) mass is 528 g/mol. The molecule has 2 aliphatic rings. The fraction of sp³-hybridized carbons (Fsp3) is 0.152. The second kappa shape index (κ2) is 10.4. The van der Waals surface area contributed by atoms with E-state index in [1.54, 1.807) is 48.5 Å². The first-order chi connectivity index (χ1) is 19.5. The zero-order chi connectivity index (χ0) is 27.7. The van der Waals surface area contributed by atoms with Gasteiger partial charge in [-0.05, 0) is 11.1 Å². The van der Waals surface area contributed by atoms with Crippen molar-refractivity contribution in [1.82, 2.24) is 5.32 Å². The van der Waals surface area contributed by atoms with E-state index in [0.717, 1.165) is 11.1 Å². The first-order valence-electron chi connectivity index (χ1n) is 13.2.